The highest BCUT2D eigenvalue weighted by molar-refractivity contribution is 6.30. The third kappa shape index (κ3) is 5.64. The highest BCUT2D eigenvalue weighted by Crippen LogP contribution is 2.12. The van der Waals surface area contributed by atoms with Crippen LogP contribution in [0.4, 0.5) is 0 Å². The summed E-state index contributed by atoms with van der Waals surface area (Å²) in [5, 5.41) is 0.653. The van der Waals surface area contributed by atoms with Crippen molar-refractivity contribution in [2.75, 3.05) is 27.7 Å². The molecule has 0 saturated heterocycles. The molecule has 0 bridgehead atoms. The lowest BCUT2D eigenvalue weighted by Crippen LogP contribution is -3.05. The summed E-state index contributed by atoms with van der Waals surface area (Å²) < 4.78 is 0. The van der Waals surface area contributed by atoms with Gasteiger partial charge in [0, 0.05) is 12.1 Å². The Balaban J connectivity index is 2.59. The molecule has 0 aliphatic heterocycles. The molecule has 0 aliphatic rings. The zero-order valence-electron chi connectivity index (χ0n) is 12.5. The second-order valence-electron chi connectivity index (χ2n) is 5.19. The molecule has 0 aliphatic carbocycles. The van der Waals surface area contributed by atoms with Crippen LogP contribution in [0.5, 0.6) is 0 Å². The van der Waals surface area contributed by atoms with Gasteiger partial charge in [0.1, 0.15) is 6.54 Å². The lowest BCUT2D eigenvalue weighted by Gasteiger charge is -2.20. The van der Waals surface area contributed by atoms with Gasteiger partial charge >= 0.3 is 0 Å². The lowest BCUT2D eigenvalue weighted by atomic mass is 10.1. The van der Waals surface area contributed by atoms with E-state index in [1.54, 1.807) is 18.0 Å². The van der Waals surface area contributed by atoms with Crippen LogP contribution in [0, 0.1) is 11.8 Å². The Morgan fingerprint density at radius 3 is 2.75 bits per heavy atom. The van der Waals surface area contributed by atoms with Crippen LogP contribution in [0.1, 0.15) is 12.5 Å². The quantitative estimate of drug-likeness (QED) is 0.819. The summed E-state index contributed by atoms with van der Waals surface area (Å²) in [5.74, 6) is 6.24. The van der Waals surface area contributed by atoms with Gasteiger partial charge in [-0.15, -0.1) is 0 Å². The van der Waals surface area contributed by atoms with Gasteiger partial charge in [-0.3, -0.25) is 4.79 Å². The van der Waals surface area contributed by atoms with Crippen molar-refractivity contribution in [3.63, 3.8) is 0 Å². The third-order valence-electron chi connectivity index (χ3n) is 2.97. The van der Waals surface area contributed by atoms with Gasteiger partial charge in [-0.25, -0.2) is 0 Å². The normalized spacial score (nSPS) is 11.7. The van der Waals surface area contributed by atoms with Crippen molar-refractivity contribution in [3.8, 4) is 11.8 Å². The first kappa shape index (κ1) is 16.6. The largest absolute Gasteiger partial charge is 0.332 e. The Bertz CT molecular complexity index is 517. The molecule has 1 rings (SSSR count). The van der Waals surface area contributed by atoms with E-state index in [2.05, 4.69) is 11.8 Å². The monoisotopic (exact) mass is 293 g/mol. The van der Waals surface area contributed by atoms with E-state index in [0.717, 1.165) is 12.1 Å². The molecule has 1 unspecified atom stereocenters. The number of carbonyl (C=O) groups is 1. The van der Waals surface area contributed by atoms with Gasteiger partial charge in [-0.05, 0) is 30.5 Å². The first-order valence-electron chi connectivity index (χ1n) is 6.67. The molecule has 0 radical (unpaired) electrons. The minimum Gasteiger partial charge on any atom is -0.332 e. The number of rotatable bonds is 4. The minimum atomic E-state index is -0.0824. The van der Waals surface area contributed by atoms with E-state index >= 15 is 0 Å². The fourth-order valence-electron chi connectivity index (χ4n) is 1.63. The Hall–Kier alpha value is -1.50. The van der Waals surface area contributed by atoms with Crippen molar-refractivity contribution < 1.29 is 9.69 Å². The number of nitrogens with zero attached hydrogens (tertiary/aromatic N) is 1. The summed E-state index contributed by atoms with van der Waals surface area (Å²) in [7, 11) is 5.88. The molecule has 1 aromatic rings. The topological polar surface area (TPSA) is 24.8 Å². The van der Waals surface area contributed by atoms with E-state index in [0.29, 0.717) is 11.4 Å². The summed E-state index contributed by atoms with van der Waals surface area (Å²) in [6, 6.07) is 7.30. The predicted molar refractivity (Wildman–Crippen MR) is 82.8 cm³/mol. The van der Waals surface area contributed by atoms with Gasteiger partial charge < -0.3 is 9.80 Å². The van der Waals surface area contributed by atoms with Gasteiger partial charge in [0.2, 0.25) is 5.91 Å². The second-order valence-corrected chi connectivity index (χ2v) is 5.63. The first-order chi connectivity index (χ1) is 9.40. The first-order valence-corrected chi connectivity index (χ1v) is 7.05. The molecule has 3 nitrogen and oxygen atoms in total. The third-order valence-corrected chi connectivity index (χ3v) is 3.21. The van der Waals surface area contributed by atoms with Crippen LogP contribution in [0.15, 0.2) is 24.3 Å². The van der Waals surface area contributed by atoms with Crippen LogP contribution in [-0.4, -0.2) is 44.5 Å². The zero-order valence-corrected chi connectivity index (χ0v) is 13.3. The molecule has 1 atom stereocenters. The second kappa shape index (κ2) is 7.94. The SMILES string of the molecule is CC(C#CC[NH+](C)C)N(C)C(=O)Cc1cccc(Cl)c1. The number of quaternary nitrogens is 1. The van der Waals surface area contributed by atoms with Crippen LogP contribution < -0.4 is 4.90 Å². The maximum Gasteiger partial charge on any atom is 0.227 e. The van der Waals surface area contributed by atoms with Crippen molar-refractivity contribution in [1.82, 2.24) is 4.90 Å². The fraction of sp³-hybridized carbons (Fsp3) is 0.438. The van der Waals surface area contributed by atoms with Crippen molar-refractivity contribution in [2.45, 2.75) is 19.4 Å². The lowest BCUT2D eigenvalue weighted by molar-refractivity contribution is -0.850. The summed E-state index contributed by atoms with van der Waals surface area (Å²) in [5.41, 5.74) is 0.923. The van der Waals surface area contributed by atoms with Gasteiger partial charge in [0.05, 0.1) is 26.6 Å². The molecule has 0 spiro atoms. The Morgan fingerprint density at radius 1 is 1.45 bits per heavy atom. The average molecular weight is 294 g/mol. The van der Waals surface area contributed by atoms with Crippen molar-refractivity contribution in [1.29, 1.82) is 0 Å². The Morgan fingerprint density at radius 2 is 2.15 bits per heavy atom. The molecule has 0 saturated carbocycles. The van der Waals surface area contributed by atoms with Gasteiger partial charge in [-0.1, -0.05) is 29.7 Å². The molecular formula is C16H22ClN2O+. The molecule has 1 aromatic carbocycles. The van der Waals surface area contributed by atoms with Gasteiger partial charge in [-0.2, -0.15) is 0 Å². The summed E-state index contributed by atoms with van der Waals surface area (Å²) in [4.78, 5) is 15.1. The molecule has 20 heavy (non-hydrogen) atoms. The predicted octanol–water partition coefficient (Wildman–Crippen LogP) is 0.877. The number of halogens is 1. The molecule has 0 heterocycles. The summed E-state index contributed by atoms with van der Waals surface area (Å²) in [6.45, 7) is 2.72. The van der Waals surface area contributed by atoms with E-state index in [1.165, 1.54) is 4.90 Å². The number of carbonyl (C=O) groups excluding carboxylic acids is 1. The molecular weight excluding hydrogens is 272 g/mol. The van der Waals surface area contributed by atoms with Crippen molar-refractivity contribution in [2.24, 2.45) is 0 Å². The molecule has 0 aromatic heterocycles. The maximum absolute atomic E-state index is 12.2. The number of hydrogen-bond donors (Lipinski definition) is 1. The van der Waals surface area contributed by atoms with E-state index in [-0.39, 0.29) is 11.9 Å². The van der Waals surface area contributed by atoms with E-state index < -0.39 is 0 Å². The number of hydrogen-bond acceptors (Lipinski definition) is 1. The van der Waals surface area contributed by atoms with Crippen LogP contribution >= 0.6 is 11.6 Å². The van der Waals surface area contributed by atoms with Crippen LogP contribution in [-0.2, 0) is 11.2 Å². The number of benzene rings is 1. The zero-order chi connectivity index (χ0) is 15.1. The Labute approximate surface area is 126 Å². The highest BCUT2D eigenvalue weighted by Gasteiger charge is 2.14. The minimum absolute atomic E-state index is 0.0475. The number of likely N-dealkylation sites (N-methyl/N-ethyl adjacent to an activating group) is 1. The molecule has 1 amide bonds. The smallest absolute Gasteiger partial charge is 0.227 e. The number of nitrogens with one attached hydrogen (secondary N) is 1. The average Bonchev–Trinajstić information content (AvgIpc) is 2.37. The summed E-state index contributed by atoms with van der Waals surface area (Å²) in [6.07, 6.45) is 0.349. The Kier molecular flexibility index (Phi) is 6.57. The fourth-order valence-corrected chi connectivity index (χ4v) is 1.85. The van der Waals surface area contributed by atoms with E-state index in [1.807, 2.05) is 39.2 Å². The summed E-state index contributed by atoms with van der Waals surface area (Å²) >= 11 is 5.92. The van der Waals surface area contributed by atoms with Gasteiger partial charge in [0.15, 0.2) is 0 Å². The van der Waals surface area contributed by atoms with Crippen LogP contribution in [0.3, 0.4) is 0 Å². The number of amides is 1. The molecule has 4 heteroatoms. The molecule has 1 N–H and O–H groups in total. The molecule has 0 fully saturated rings. The standard InChI is InChI=1S/C16H21ClN2O/c1-13(7-6-10-18(2)3)19(4)16(20)12-14-8-5-9-15(17)11-14/h5,8-9,11,13H,10,12H2,1-4H3/p+1. The van der Waals surface area contributed by atoms with Crippen molar-refractivity contribution >= 4 is 17.5 Å². The van der Waals surface area contributed by atoms with Gasteiger partial charge in [0.25, 0.3) is 0 Å². The van der Waals surface area contributed by atoms with Crippen molar-refractivity contribution in [3.05, 3.63) is 34.9 Å². The maximum atomic E-state index is 12.2. The molecule has 108 valence electrons. The van der Waals surface area contributed by atoms with E-state index in [9.17, 15) is 4.79 Å². The van der Waals surface area contributed by atoms with Crippen LogP contribution in [0.25, 0.3) is 0 Å². The van der Waals surface area contributed by atoms with E-state index in [4.69, 9.17) is 11.6 Å². The highest BCUT2D eigenvalue weighted by atomic mass is 35.5. The van der Waals surface area contributed by atoms with Crippen LogP contribution in [0.2, 0.25) is 5.02 Å².